The van der Waals surface area contributed by atoms with Crippen molar-refractivity contribution in [1.29, 1.82) is 0 Å². The van der Waals surface area contributed by atoms with Crippen molar-refractivity contribution in [3.8, 4) is 11.5 Å². The number of fused-ring (bicyclic) bond motifs is 2. The van der Waals surface area contributed by atoms with E-state index < -0.39 is 0 Å². The monoisotopic (exact) mass is 256 g/mol. The number of hydrogen-bond donors (Lipinski definition) is 0. The number of furan rings is 1. The molecule has 0 saturated heterocycles. The molecule has 3 heteroatoms. The SMILES string of the molecule is C.c1ccc2c(c1)OCO2.c1ccc2occc2c1. The molecule has 2 heterocycles. The topological polar surface area (TPSA) is 31.6 Å². The highest BCUT2D eigenvalue weighted by molar-refractivity contribution is 5.76. The molecule has 98 valence electrons. The van der Waals surface area contributed by atoms with Crippen molar-refractivity contribution in [2.24, 2.45) is 0 Å². The van der Waals surface area contributed by atoms with Crippen molar-refractivity contribution in [2.75, 3.05) is 6.79 Å². The van der Waals surface area contributed by atoms with Gasteiger partial charge in [0, 0.05) is 5.39 Å². The summed E-state index contributed by atoms with van der Waals surface area (Å²) in [6.45, 7) is 0.360. The fourth-order valence-corrected chi connectivity index (χ4v) is 1.75. The van der Waals surface area contributed by atoms with E-state index in [4.69, 9.17) is 13.9 Å². The Morgan fingerprint density at radius 3 is 2.05 bits per heavy atom. The third kappa shape index (κ3) is 2.88. The Morgan fingerprint density at radius 2 is 1.37 bits per heavy atom. The van der Waals surface area contributed by atoms with Gasteiger partial charge < -0.3 is 13.9 Å². The molecule has 0 bridgehead atoms. The summed E-state index contributed by atoms with van der Waals surface area (Å²) in [5.74, 6) is 1.69. The van der Waals surface area contributed by atoms with Crippen LogP contribution in [0.3, 0.4) is 0 Å². The number of ether oxygens (including phenoxy) is 2. The molecular weight excluding hydrogens is 240 g/mol. The molecule has 1 aromatic heterocycles. The first-order chi connectivity index (χ1) is 8.93. The van der Waals surface area contributed by atoms with Crippen LogP contribution in [0.25, 0.3) is 11.0 Å². The highest BCUT2D eigenvalue weighted by atomic mass is 16.7. The standard InChI is InChI=1S/C8H6O.C7H6O2.CH4/c1-2-4-8-7(3-1)5-6-9-8;1-2-4-7-6(3-1)8-5-9-7;/h1-6H;1-4H,5H2;1H4. The number of benzene rings is 2. The first-order valence-electron chi connectivity index (χ1n) is 5.70. The second kappa shape index (κ2) is 5.96. The van der Waals surface area contributed by atoms with Gasteiger partial charge in [0.2, 0.25) is 6.79 Å². The van der Waals surface area contributed by atoms with Crippen molar-refractivity contribution >= 4 is 11.0 Å². The summed E-state index contributed by atoms with van der Waals surface area (Å²) in [6.07, 6.45) is 1.70. The van der Waals surface area contributed by atoms with Crippen LogP contribution in [0, 0.1) is 0 Å². The fourth-order valence-electron chi connectivity index (χ4n) is 1.75. The zero-order chi connectivity index (χ0) is 12.2. The molecule has 0 unspecified atom stereocenters. The van der Waals surface area contributed by atoms with Gasteiger partial charge in [0.1, 0.15) is 5.58 Å². The molecule has 4 rings (SSSR count). The Labute approximate surface area is 112 Å². The van der Waals surface area contributed by atoms with Gasteiger partial charge in [0.15, 0.2) is 11.5 Å². The third-order valence-electron chi connectivity index (χ3n) is 2.64. The number of hydrogen-bond acceptors (Lipinski definition) is 3. The van der Waals surface area contributed by atoms with Gasteiger partial charge in [0.05, 0.1) is 6.26 Å². The largest absolute Gasteiger partial charge is 0.464 e. The van der Waals surface area contributed by atoms with E-state index in [0.717, 1.165) is 22.5 Å². The van der Waals surface area contributed by atoms with Crippen molar-refractivity contribution in [1.82, 2.24) is 0 Å². The Balaban J connectivity index is 0.000000133. The molecule has 0 saturated carbocycles. The number of para-hydroxylation sites is 3. The molecule has 3 nitrogen and oxygen atoms in total. The molecule has 0 atom stereocenters. The number of rotatable bonds is 0. The summed E-state index contributed by atoms with van der Waals surface area (Å²) in [4.78, 5) is 0. The summed E-state index contributed by atoms with van der Waals surface area (Å²) in [7, 11) is 0. The van der Waals surface area contributed by atoms with Gasteiger partial charge in [-0.1, -0.05) is 37.8 Å². The smallest absolute Gasteiger partial charge is 0.231 e. The van der Waals surface area contributed by atoms with Crippen LogP contribution in [0.15, 0.2) is 65.3 Å². The highest BCUT2D eigenvalue weighted by Crippen LogP contribution is 2.30. The summed E-state index contributed by atoms with van der Waals surface area (Å²) in [6, 6.07) is 17.5. The Morgan fingerprint density at radius 1 is 0.737 bits per heavy atom. The minimum Gasteiger partial charge on any atom is -0.464 e. The van der Waals surface area contributed by atoms with Crippen LogP contribution in [0.4, 0.5) is 0 Å². The van der Waals surface area contributed by atoms with Crippen molar-refractivity contribution < 1.29 is 13.9 Å². The second-order valence-electron chi connectivity index (χ2n) is 3.81. The molecule has 3 aromatic rings. The Kier molecular flexibility index (Phi) is 4.08. The van der Waals surface area contributed by atoms with E-state index in [1.807, 2.05) is 54.6 Å². The minimum absolute atomic E-state index is 0. The van der Waals surface area contributed by atoms with Gasteiger partial charge in [0.25, 0.3) is 0 Å². The fraction of sp³-hybridized carbons (Fsp3) is 0.125. The molecule has 1 aliphatic heterocycles. The maximum absolute atomic E-state index is 5.12. The van der Waals surface area contributed by atoms with Gasteiger partial charge in [-0.05, 0) is 24.3 Å². The van der Waals surface area contributed by atoms with E-state index in [-0.39, 0.29) is 7.43 Å². The lowest BCUT2D eigenvalue weighted by atomic mass is 10.3. The van der Waals surface area contributed by atoms with E-state index >= 15 is 0 Å². The molecule has 0 N–H and O–H groups in total. The Bertz CT molecular complexity index is 590. The first-order valence-corrected chi connectivity index (χ1v) is 5.70. The molecule has 0 amide bonds. The quantitative estimate of drug-likeness (QED) is 0.594. The lowest BCUT2D eigenvalue weighted by molar-refractivity contribution is 0.174. The van der Waals surface area contributed by atoms with Crippen LogP contribution < -0.4 is 9.47 Å². The minimum atomic E-state index is 0. The molecule has 0 radical (unpaired) electrons. The first kappa shape index (κ1) is 13.0. The summed E-state index contributed by atoms with van der Waals surface area (Å²) in [5, 5.41) is 1.16. The summed E-state index contributed by atoms with van der Waals surface area (Å²) in [5.41, 5.74) is 0.956. The van der Waals surface area contributed by atoms with Gasteiger partial charge in [-0.15, -0.1) is 0 Å². The van der Waals surface area contributed by atoms with Crippen LogP contribution >= 0.6 is 0 Å². The van der Waals surface area contributed by atoms with Gasteiger partial charge in [-0.25, -0.2) is 0 Å². The third-order valence-corrected chi connectivity index (χ3v) is 2.64. The van der Waals surface area contributed by atoms with Crippen LogP contribution in [0.5, 0.6) is 11.5 Å². The predicted octanol–water partition coefficient (Wildman–Crippen LogP) is 4.48. The molecule has 0 aliphatic carbocycles. The van der Waals surface area contributed by atoms with Crippen molar-refractivity contribution in [3.63, 3.8) is 0 Å². The summed E-state index contributed by atoms with van der Waals surface area (Å²) >= 11 is 0. The highest BCUT2D eigenvalue weighted by Gasteiger charge is 2.09. The molecule has 2 aromatic carbocycles. The van der Waals surface area contributed by atoms with Crippen LogP contribution in [0.1, 0.15) is 7.43 Å². The van der Waals surface area contributed by atoms with Crippen molar-refractivity contribution in [3.05, 3.63) is 60.9 Å². The maximum atomic E-state index is 5.12. The lowest BCUT2D eigenvalue weighted by Crippen LogP contribution is -1.92. The van der Waals surface area contributed by atoms with Gasteiger partial charge >= 0.3 is 0 Å². The van der Waals surface area contributed by atoms with Gasteiger partial charge in [-0.2, -0.15) is 0 Å². The van der Waals surface area contributed by atoms with Gasteiger partial charge in [-0.3, -0.25) is 0 Å². The van der Waals surface area contributed by atoms with Crippen LogP contribution in [0.2, 0.25) is 0 Å². The van der Waals surface area contributed by atoms with E-state index in [1.165, 1.54) is 0 Å². The molecule has 19 heavy (non-hydrogen) atoms. The second-order valence-corrected chi connectivity index (χ2v) is 3.81. The predicted molar refractivity (Wildman–Crippen MR) is 75.5 cm³/mol. The maximum Gasteiger partial charge on any atom is 0.231 e. The zero-order valence-electron chi connectivity index (χ0n) is 9.71. The summed E-state index contributed by atoms with van der Waals surface area (Å²) < 4.78 is 15.3. The van der Waals surface area contributed by atoms with E-state index in [9.17, 15) is 0 Å². The molecule has 0 spiro atoms. The Hall–Kier alpha value is -2.42. The van der Waals surface area contributed by atoms with E-state index in [1.54, 1.807) is 6.26 Å². The van der Waals surface area contributed by atoms with E-state index in [2.05, 4.69) is 0 Å². The molecule has 1 aliphatic rings. The van der Waals surface area contributed by atoms with Crippen LogP contribution in [-0.4, -0.2) is 6.79 Å². The normalized spacial score (nSPS) is 11.4. The molecular formula is C16H16O3. The van der Waals surface area contributed by atoms with Crippen LogP contribution in [-0.2, 0) is 0 Å². The average molecular weight is 256 g/mol. The van der Waals surface area contributed by atoms with E-state index in [0.29, 0.717) is 6.79 Å². The zero-order valence-corrected chi connectivity index (χ0v) is 9.71. The average Bonchev–Trinajstić information content (AvgIpc) is 3.08. The molecule has 0 fully saturated rings. The lowest BCUT2D eigenvalue weighted by Gasteiger charge is -1.89. The van der Waals surface area contributed by atoms with Crippen molar-refractivity contribution in [2.45, 2.75) is 7.43 Å².